The van der Waals surface area contributed by atoms with Gasteiger partial charge in [0.1, 0.15) is 22.8 Å². The van der Waals surface area contributed by atoms with E-state index in [4.69, 9.17) is 4.42 Å². The number of anilines is 1. The van der Waals surface area contributed by atoms with Crippen LogP contribution in [-0.4, -0.2) is 0 Å². The van der Waals surface area contributed by atoms with Gasteiger partial charge in [0.25, 0.3) is 0 Å². The number of furan rings is 1. The normalized spacial score (nSPS) is 11.2. The van der Waals surface area contributed by atoms with E-state index in [1.165, 1.54) is 24.3 Å². The van der Waals surface area contributed by atoms with Crippen LogP contribution >= 0.6 is 0 Å². The molecule has 0 aliphatic heterocycles. The zero-order valence-electron chi connectivity index (χ0n) is 12.1. The molecule has 0 unspecified atom stereocenters. The van der Waals surface area contributed by atoms with Gasteiger partial charge in [0.05, 0.1) is 0 Å². The van der Waals surface area contributed by atoms with Gasteiger partial charge in [0, 0.05) is 23.0 Å². The Labute approximate surface area is 131 Å². The number of benzene rings is 3. The minimum absolute atomic E-state index is 0.248. The van der Waals surface area contributed by atoms with Gasteiger partial charge in [-0.3, -0.25) is 0 Å². The first kappa shape index (κ1) is 13.8. The maximum atomic E-state index is 13.5. The molecule has 0 amide bonds. The lowest BCUT2D eigenvalue weighted by Gasteiger charge is -2.06. The molecule has 0 saturated carbocycles. The molecule has 0 bridgehead atoms. The maximum Gasteiger partial charge on any atom is 0.135 e. The van der Waals surface area contributed by atoms with E-state index in [1.807, 2.05) is 18.2 Å². The Morgan fingerprint density at radius 3 is 2.17 bits per heavy atom. The Kier molecular flexibility index (Phi) is 3.23. The molecule has 4 rings (SSSR count). The van der Waals surface area contributed by atoms with Gasteiger partial charge < -0.3 is 9.73 Å². The molecule has 1 heterocycles. The highest BCUT2D eigenvalue weighted by Crippen LogP contribution is 2.31. The third-order valence-corrected chi connectivity index (χ3v) is 3.84. The van der Waals surface area contributed by atoms with Crippen LogP contribution in [0.4, 0.5) is 14.5 Å². The standard InChI is InChI=1S/C19H13F2NO/c20-13-3-1-12(2-4-13)11-22-15-6-8-19-17(10-15)16-9-14(21)5-7-18(16)23-19/h1-10,22H,11H2. The highest BCUT2D eigenvalue weighted by atomic mass is 19.1. The van der Waals surface area contributed by atoms with Gasteiger partial charge in [-0.15, -0.1) is 0 Å². The number of nitrogens with one attached hydrogen (secondary N) is 1. The molecule has 0 aliphatic carbocycles. The first-order valence-corrected chi connectivity index (χ1v) is 7.29. The minimum atomic E-state index is -0.287. The summed E-state index contributed by atoms with van der Waals surface area (Å²) in [7, 11) is 0. The summed E-state index contributed by atoms with van der Waals surface area (Å²) in [5, 5.41) is 4.90. The zero-order chi connectivity index (χ0) is 15.8. The molecular formula is C19H13F2NO. The smallest absolute Gasteiger partial charge is 0.135 e. The van der Waals surface area contributed by atoms with E-state index in [-0.39, 0.29) is 11.6 Å². The van der Waals surface area contributed by atoms with Gasteiger partial charge in [0.2, 0.25) is 0 Å². The van der Waals surface area contributed by atoms with E-state index in [1.54, 1.807) is 18.2 Å². The Hall–Kier alpha value is -2.88. The fourth-order valence-corrected chi connectivity index (χ4v) is 2.67. The second kappa shape index (κ2) is 5.39. The highest BCUT2D eigenvalue weighted by molar-refractivity contribution is 6.05. The monoisotopic (exact) mass is 309 g/mol. The highest BCUT2D eigenvalue weighted by Gasteiger charge is 2.08. The van der Waals surface area contributed by atoms with Gasteiger partial charge in [-0.2, -0.15) is 0 Å². The summed E-state index contributed by atoms with van der Waals surface area (Å²) in [6.07, 6.45) is 0. The van der Waals surface area contributed by atoms with Crippen LogP contribution in [0.5, 0.6) is 0 Å². The Bertz CT molecular complexity index is 990. The molecule has 4 aromatic rings. The van der Waals surface area contributed by atoms with Gasteiger partial charge >= 0.3 is 0 Å². The summed E-state index contributed by atoms with van der Waals surface area (Å²) in [6, 6.07) is 16.6. The van der Waals surface area contributed by atoms with Crippen LogP contribution in [0.25, 0.3) is 21.9 Å². The molecule has 114 valence electrons. The molecular weight excluding hydrogens is 296 g/mol. The quantitative estimate of drug-likeness (QED) is 0.542. The van der Waals surface area contributed by atoms with Crippen molar-refractivity contribution in [2.24, 2.45) is 0 Å². The molecule has 0 radical (unpaired) electrons. The number of hydrogen-bond donors (Lipinski definition) is 1. The number of halogens is 2. The summed E-state index contributed by atoms with van der Waals surface area (Å²) in [5.41, 5.74) is 3.26. The fourth-order valence-electron chi connectivity index (χ4n) is 2.67. The average Bonchev–Trinajstić information content (AvgIpc) is 2.92. The molecule has 2 nitrogen and oxygen atoms in total. The summed E-state index contributed by atoms with van der Waals surface area (Å²) < 4.78 is 32.1. The lowest BCUT2D eigenvalue weighted by atomic mass is 10.1. The number of fused-ring (bicyclic) bond motifs is 3. The third-order valence-electron chi connectivity index (χ3n) is 3.84. The van der Waals surface area contributed by atoms with Crippen LogP contribution in [0.1, 0.15) is 5.56 Å². The molecule has 3 aromatic carbocycles. The van der Waals surface area contributed by atoms with Crippen LogP contribution in [0.15, 0.2) is 65.1 Å². The fraction of sp³-hybridized carbons (Fsp3) is 0.0526. The van der Waals surface area contributed by atoms with Crippen molar-refractivity contribution in [1.82, 2.24) is 0 Å². The Morgan fingerprint density at radius 2 is 1.39 bits per heavy atom. The Morgan fingerprint density at radius 1 is 0.739 bits per heavy atom. The van der Waals surface area contributed by atoms with Crippen molar-refractivity contribution in [3.05, 3.63) is 77.9 Å². The minimum Gasteiger partial charge on any atom is -0.456 e. The number of rotatable bonds is 3. The van der Waals surface area contributed by atoms with E-state index in [2.05, 4.69) is 5.32 Å². The lowest BCUT2D eigenvalue weighted by Crippen LogP contribution is -1.98. The third kappa shape index (κ3) is 2.63. The summed E-state index contributed by atoms with van der Waals surface area (Å²) >= 11 is 0. The van der Waals surface area contributed by atoms with Crippen molar-refractivity contribution in [2.45, 2.75) is 6.54 Å². The van der Waals surface area contributed by atoms with Gasteiger partial charge in [-0.1, -0.05) is 12.1 Å². The van der Waals surface area contributed by atoms with Crippen molar-refractivity contribution in [2.75, 3.05) is 5.32 Å². The van der Waals surface area contributed by atoms with E-state index >= 15 is 0 Å². The van der Waals surface area contributed by atoms with Crippen molar-refractivity contribution >= 4 is 27.6 Å². The van der Waals surface area contributed by atoms with E-state index in [9.17, 15) is 8.78 Å². The van der Waals surface area contributed by atoms with E-state index < -0.39 is 0 Å². The predicted octanol–water partition coefficient (Wildman–Crippen LogP) is 5.48. The molecule has 0 spiro atoms. The van der Waals surface area contributed by atoms with Crippen LogP contribution in [0.2, 0.25) is 0 Å². The largest absolute Gasteiger partial charge is 0.456 e. The molecule has 1 aromatic heterocycles. The zero-order valence-corrected chi connectivity index (χ0v) is 12.1. The second-order valence-electron chi connectivity index (χ2n) is 5.43. The topological polar surface area (TPSA) is 25.2 Å². The van der Waals surface area contributed by atoms with Crippen molar-refractivity contribution in [1.29, 1.82) is 0 Å². The van der Waals surface area contributed by atoms with Crippen molar-refractivity contribution < 1.29 is 13.2 Å². The van der Waals surface area contributed by atoms with Crippen LogP contribution < -0.4 is 5.32 Å². The predicted molar refractivity (Wildman–Crippen MR) is 87.4 cm³/mol. The van der Waals surface area contributed by atoms with Crippen LogP contribution in [0, 0.1) is 11.6 Å². The lowest BCUT2D eigenvalue weighted by molar-refractivity contribution is 0.626. The summed E-state index contributed by atoms with van der Waals surface area (Å²) in [6.45, 7) is 0.579. The van der Waals surface area contributed by atoms with Gasteiger partial charge in [-0.05, 0) is 54.1 Å². The second-order valence-corrected chi connectivity index (χ2v) is 5.43. The maximum absolute atomic E-state index is 13.5. The van der Waals surface area contributed by atoms with E-state index in [0.29, 0.717) is 12.1 Å². The molecule has 0 saturated heterocycles. The SMILES string of the molecule is Fc1ccc(CNc2ccc3oc4ccc(F)cc4c3c2)cc1. The first-order valence-electron chi connectivity index (χ1n) is 7.29. The summed E-state index contributed by atoms with van der Waals surface area (Å²) in [5.74, 6) is -0.535. The van der Waals surface area contributed by atoms with E-state index in [0.717, 1.165) is 27.6 Å². The van der Waals surface area contributed by atoms with Crippen LogP contribution in [-0.2, 0) is 6.54 Å². The molecule has 23 heavy (non-hydrogen) atoms. The average molecular weight is 309 g/mol. The number of hydrogen-bond acceptors (Lipinski definition) is 2. The molecule has 1 N–H and O–H groups in total. The van der Waals surface area contributed by atoms with Gasteiger partial charge in [0.15, 0.2) is 0 Å². The van der Waals surface area contributed by atoms with Crippen molar-refractivity contribution in [3.63, 3.8) is 0 Å². The molecule has 0 fully saturated rings. The van der Waals surface area contributed by atoms with Crippen molar-refractivity contribution in [3.8, 4) is 0 Å². The summed E-state index contributed by atoms with van der Waals surface area (Å²) in [4.78, 5) is 0. The van der Waals surface area contributed by atoms with Crippen LogP contribution in [0.3, 0.4) is 0 Å². The molecule has 0 atom stereocenters. The first-order chi connectivity index (χ1) is 11.2. The Balaban J connectivity index is 1.66. The molecule has 4 heteroatoms. The molecule has 0 aliphatic rings. The van der Waals surface area contributed by atoms with Gasteiger partial charge in [-0.25, -0.2) is 8.78 Å².